The molecular formula is C21H26Cl2FN3O2. The Morgan fingerprint density at radius 1 is 1.38 bits per heavy atom. The van der Waals surface area contributed by atoms with Crippen LogP contribution in [0.25, 0.3) is 0 Å². The van der Waals surface area contributed by atoms with E-state index in [9.17, 15) is 9.18 Å². The van der Waals surface area contributed by atoms with Crippen LogP contribution in [0.5, 0.6) is 5.75 Å². The first kappa shape index (κ1) is 24.7. The summed E-state index contributed by atoms with van der Waals surface area (Å²) in [4.78, 5) is 16.0. The quantitative estimate of drug-likeness (QED) is 0.447. The Morgan fingerprint density at radius 3 is 2.72 bits per heavy atom. The molecule has 1 N–H and O–H groups in total. The van der Waals surface area contributed by atoms with E-state index >= 15 is 0 Å². The molecule has 1 heterocycles. The summed E-state index contributed by atoms with van der Waals surface area (Å²) in [6.07, 6.45) is 7.21. The molecular weight excluding hydrogens is 416 g/mol. The number of rotatable bonds is 8. The number of alkyl halides is 1. The van der Waals surface area contributed by atoms with Crippen molar-refractivity contribution in [1.82, 2.24) is 9.55 Å². The van der Waals surface area contributed by atoms with E-state index in [0.29, 0.717) is 24.9 Å². The molecule has 0 radical (unpaired) electrons. The zero-order valence-corrected chi connectivity index (χ0v) is 18.5. The zero-order chi connectivity index (χ0) is 21.8. The van der Waals surface area contributed by atoms with Crippen LogP contribution in [0.15, 0.2) is 53.0 Å². The van der Waals surface area contributed by atoms with Gasteiger partial charge < -0.3 is 14.6 Å². The molecule has 8 heteroatoms. The third-order valence-electron chi connectivity index (χ3n) is 3.63. The molecule has 0 atom stereocenters. The summed E-state index contributed by atoms with van der Waals surface area (Å²) in [5, 5.41) is 3.12. The fraction of sp³-hybridized carbons (Fsp3) is 0.333. The van der Waals surface area contributed by atoms with Crippen LogP contribution in [-0.4, -0.2) is 29.1 Å². The number of nitrogens with one attached hydrogen (secondary N) is 1. The fourth-order valence-corrected chi connectivity index (χ4v) is 2.50. The van der Waals surface area contributed by atoms with Gasteiger partial charge in [0.15, 0.2) is 0 Å². The van der Waals surface area contributed by atoms with Gasteiger partial charge in [0.25, 0.3) is 0 Å². The average Bonchev–Trinajstić information content (AvgIpc) is 2.73. The Hall–Kier alpha value is -2.31. The number of benzene rings is 1. The van der Waals surface area contributed by atoms with Gasteiger partial charge in [0, 0.05) is 12.4 Å². The van der Waals surface area contributed by atoms with Crippen molar-refractivity contribution in [3.8, 4) is 5.75 Å². The monoisotopic (exact) mass is 441 g/mol. The van der Waals surface area contributed by atoms with E-state index in [1.807, 2.05) is 39.0 Å². The maximum Gasteiger partial charge on any atom is 0.316 e. The number of aromatic nitrogens is 2. The summed E-state index contributed by atoms with van der Waals surface area (Å²) in [6, 6.07) is 4.45. The van der Waals surface area contributed by atoms with Gasteiger partial charge in [0.1, 0.15) is 5.82 Å². The highest BCUT2D eigenvalue weighted by Crippen LogP contribution is 2.18. The molecule has 5 nitrogen and oxygen atoms in total. The molecule has 0 amide bonds. The molecule has 0 unspecified atom stereocenters. The summed E-state index contributed by atoms with van der Waals surface area (Å²) in [6.45, 7) is 6.72. The van der Waals surface area contributed by atoms with Crippen molar-refractivity contribution >= 4 is 29.2 Å². The minimum Gasteiger partial charge on any atom is -0.490 e. The minimum absolute atomic E-state index is 0.0346. The van der Waals surface area contributed by atoms with Gasteiger partial charge in [-0.15, -0.1) is 11.6 Å². The van der Waals surface area contributed by atoms with Gasteiger partial charge in [-0.25, -0.2) is 4.39 Å². The Bertz CT molecular complexity index is 911. The van der Waals surface area contributed by atoms with Crippen LogP contribution >= 0.6 is 23.2 Å². The zero-order valence-electron chi connectivity index (χ0n) is 17.0. The lowest BCUT2D eigenvalue weighted by Crippen LogP contribution is -2.20. The third-order valence-corrected chi connectivity index (χ3v) is 4.34. The summed E-state index contributed by atoms with van der Waals surface area (Å²) >= 11 is 11.6. The van der Waals surface area contributed by atoms with Crippen molar-refractivity contribution in [2.75, 3.05) is 24.9 Å². The molecule has 1 aromatic heterocycles. The van der Waals surface area contributed by atoms with E-state index < -0.39 is 11.4 Å². The number of nitrogens with zero attached hydrogens (tertiary/aromatic N) is 2. The Balaban J connectivity index is 0.00000204. The maximum atomic E-state index is 13.4. The van der Waals surface area contributed by atoms with Gasteiger partial charge in [-0.2, -0.15) is 4.98 Å². The lowest BCUT2D eigenvalue weighted by Gasteiger charge is -2.14. The summed E-state index contributed by atoms with van der Waals surface area (Å²) in [5.74, 6) is 0.464. The highest BCUT2D eigenvalue weighted by atomic mass is 35.5. The number of hydrogen-bond donors (Lipinski definition) is 1. The van der Waals surface area contributed by atoms with Crippen molar-refractivity contribution in [3.05, 3.63) is 75.0 Å². The Kier molecular flexibility index (Phi) is 11.1. The van der Waals surface area contributed by atoms with Crippen LogP contribution in [0.1, 0.15) is 26.3 Å². The van der Waals surface area contributed by atoms with Crippen LogP contribution in [0, 0.1) is 5.82 Å². The second kappa shape index (κ2) is 13.0. The standard InChI is InChI=1S/C19H20Cl2FN3O2.C2H6/c1-13(10-20)5-3-4-8-23-19-24-18(26)17(27-2)12-25(19)11-14-6-7-16(22)15(21)9-14;1-2/h3-7,9,12H,8,10-11H2,1-2H3,(H,23,24,26);1-2H3/b4-3-,13-5-;. The Morgan fingerprint density at radius 2 is 2.10 bits per heavy atom. The molecule has 0 spiro atoms. The number of hydrogen-bond acceptors (Lipinski definition) is 4. The van der Waals surface area contributed by atoms with E-state index in [0.717, 1.165) is 11.1 Å². The lowest BCUT2D eigenvalue weighted by atomic mass is 10.2. The molecule has 29 heavy (non-hydrogen) atoms. The predicted octanol–water partition coefficient (Wildman–Crippen LogP) is 5.27. The summed E-state index contributed by atoms with van der Waals surface area (Å²) < 4.78 is 20.1. The average molecular weight is 442 g/mol. The fourth-order valence-electron chi connectivity index (χ4n) is 2.20. The molecule has 158 valence electrons. The number of allylic oxidation sites excluding steroid dienone is 3. The summed E-state index contributed by atoms with van der Waals surface area (Å²) in [7, 11) is 1.40. The minimum atomic E-state index is -0.486. The van der Waals surface area contributed by atoms with Crippen LogP contribution in [-0.2, 0) is 6.54 Å². The van der Waals surface area contributed by atoms with Gasteiger partial charge in [0.2, 0.25) is 11.7 Å². The Labute approximate surface area is 180 Å². The summed E-state index contributed by atoms with van der Waals surface area (Å²) in [5.41, 5.74) is 1.32. The van der Waals surface area contributed by atoms with Gasteiger partial charge in [0.05, 0.1) is 24.9 Å². The molecule has 0 saturated heterocycles. The van der Waals surface area contributed by atoms with Crippen molar-refractivity contribution in [3.63, 3.8) is 0 Å². The molecule has 0 fully saturated rings. The number of methoxy groups -OCH3 is 1. The van der Waals surface area contributed by atoms with Crippen LogP contribution in [0.2, 0.25) is 5.02 Å². The lowest BCUT2D eigenvalue weighted by molar-refractivity contribution is 0.402. The maximum absolute atomic E-state index is 13.4. The van der Waals surface area contributed by atoms with Crippen LogP contribution < -0.4 is 15.6 Å². The van der Waals surface area contributed by atoms with Gasteiger partial charge in [-0.3, -0.25) is 4.79 Å². The highest BCUT2D eigenvalue weighted by Gasteiger charge is 2.10. The van der Waals surface area contributed by atoms with Crippen molar-refractivity contribution in [2.45, 2.75) is 27.3 Å². The van der Waals surface area contributed by atoms with Gasteiger partial charge in [-0.1, -0.05) is 55.3 Å². The van der Waals surface area contributed by atoms with Gasteiger partial charge in [-0.05, 0) is 24.6 Å². The first-order valence-electron chi connectivity index (χ1n) is 9.16. The van der Waals surface area contributed by atoms with E-state index in [1.165, 1.54) is 19.2 Å². The van der Waals surface area contributed by atoms with Crippen molar-refractivity contribution in [1.29, 1.82) is 0 Å². The molecule has 0 aliphatic heterocycles. The molecule has 0 bridgehead atoms. The molecule has 2 aromatic rings. The highest BCUT2D eigenvalue weighted by molar-refractivity contribution is 6.30. The van der Waals surface area contributed by atoms with E-state index in [1.54, 1.807) is 16.8 Å². The molecule has 0 aliphatic carbocycles. The van der Waals surface area contributed by atoms with E-state index in [-0.39, 0.29) is 10.8 Å². The van der Waals surface area contributed by atoms with E-state index in [4.69, 9.17) is 27.9 Å². The van der Waals surface area contributed by atoms with Crippen LogP contribution in [0.3, 0.4) is 0 Å². The van der Waals surface area contributed by atoms with Gasteiger partial charge >= 0.3 is 5.56 Å². The SMILES string of the molecule is CC.COc1cn(Cc2ccc(F)c(Cl)c2)c(NC/C=C\C=C(\C)CCl)nc1=O. The second-order valence-corrected chi connectivity index (χ2v) is 6.44. The number of anilines is 1. The second-order valence-electron chi connectivity index (χ2n) is 5.77. The smallest absolute Gasteiger partial charge is 0.316 e. The molecule has 0 saturated carbocycles. The first-order chi connectivity index (χ1) is 13.9. The first-order valence-corrected chi connectivity index (χ1v) is 10.1. The molecule has 2 rings (SSSR count). The number of halogens is 3. The number of ether oxygens (including phenoxy) is 1. The van der Waals surface area contributed by atoms with E-state index in [2.05, 4.69) is 10.3 Å². The normalized spacial score (nSPS) is 11.2. The van der Waals surface area contributed by atoms with Crippen molar-refractivity contribution in [2.24, 2.45) is 0 Å². The van der Waals surface area contributed by atoms with Crippen LogP contribution in [0.4, 0.5) is 10.3 Å². The topological polar surface area (TPSA) is 56.1 Å². The largest absolute Gasteiger partial charge is 0.490 e. The molecule has 1 aromatic carbocycles. The third kappa shape index (κ3) is 7.91. The van der Waals surface area contributed by atoms with Crippen molar-refractivity contribution < 1.29 is 9.13 Å². The molecule has 0 aliphatic rings. The predicted molar refractivity (Wildman–Crippen MR) is 119 cm³/mol.